The molecule has 0 saturated heterocycles. The molecule has 0 atom stereocenters. The first-order valence-corrected chi connectivity index (χ1v) is 25.2. The lowest BCUT2D eigenvalue weighted by atomic mass is 9.84. The Balaban J connectivity index is 2.36. The van der Waals surface area contributed by atoms with E-state index in [4.69, 9.17) is 4.52 Å². The fourth-order valence-corrected chi connectivity index (χ4v) is 10.0. The van der Waals surface area contributed by atoms with Gasteiger partial charge in [-0.05, 0) is 47.9 Å². The normalized spacial score (nSPS) is 12.3. The zero-order valence-electron chi connectivity index (χ0n) is 36.1. The van der Waals surface area contributed by atoms with Crippen molar-refractivity contribution in [2.45, 2.75) is 259 Å². The Morgan fingerprint density at radius 3 is 1.08 bits per heavy atom. The number of benzene rings is 1. The molecule has 1 N–H and O–H groups in total. The summed E-state index contributed by atoms with van der Waals surface area (Å²) in [5.41, 5.74) is 2.68. The van der Waals surface area contributed by atoms with E-state index in [-0.39, 0.29) is 5.41 Å². The number of phenols is 1. The van der Waals surface area contributed by atoms with Crippen LogP contribution in [0.4, 0.5) is 0 Å². The molecule has 0 radical (unpaired) electrons. The van der Waals surface area contributed by atoms with Crippen molar-refractivity contribution in [3.05, 3.63) is 28.8 Å². The van der Waals surface area contributed by atoms with Gasteiger partial charge in [0, 0.05) is 12.3 Å². The van der Waals surface area contributed by atoms with E-state index in [1.165, 1.54) is 180 Å². The summed E-state index contributed by atoms with van der Waals surface area (Å²) < 4.78 is 20.6. The van der Waals surface area contributed by atoms with Gasteiger partial charge >= 0.3 is 0 Å². The number of aryl methyl sites for hydroxylation is 1. The van der Waals surface area contributed by atoms with Crippen molar-refractivity contribution in [3.8, 4) is 5.75 Å². The van der Waals surface area contributed by atoms with Gasteiger partial charge in [0.2, 0.25) is 7.37 Å². The third kappa shape index (κ3) is 26.9. The van der Waals surface area contributed by atoms with Gasteiger partial charge in [-0.15, -0.1) is 0 Å². The van der Waals surface area contributed by atoms with Crippen LogP contribution in [0.5, 0.6) is 5.75 Å². The number of hydrogen-bond acceptors (Lipinski definition) is 3. The topological polar surface area (TPSA) is 46.5 Å². The van der Waals surface area contributed by atoms with E-state index in [1.54, 1.807) is 0 Å². The van der Waals surface area contributed by atoms with E-state index in [0.29, 0.717) is 24.7 Å². The zero-order valence-corrected chi connectivity index (χ0v) is 37.0. The summed E-state index contributed by atoms with van der Waals surface area (Å²) in [6, 6.07) is 4.08. The summed E-state index contributed by atoms with van der Waals surface area (Å²) in [7, 11) is -2.71. The highest BCUT2D eigenvalue weighted by atomic mass is 31.2. The van der Waals surface area contributed by atoms with Crippen molar-refractivity contribution in [3.63, 3.8) is 0 Å². The summed E-state index contributed by atoms with van der Waals surface area (Å²) >= 11 is 0. The van der Waals surface area contributed by atoms with Crippen LogP contribution < -0.4 is 0 Å². The Labute approximate surface area is 326 Å². The lowest BCUT2D eigenvalue weighted by Crippen LogP contribution is -2.13. The molecule has 0 unspecified atom stereocenters. The van der Waals surface area contributed by atoms with Gasteiger partial charge in [-0.3, -0.25) is 4.57 Å². The molecule has 1 rings (SSSR count). The molecule has 0 amide bonds. The average molecular weight is 747 g/mol. The molecule has 0 fully saturated rings. The van der Waals surface area contributed by atoms with Gasteiger partial charge in [-0.25, -0.2) is 0 Å². The monoisotopic (exact) mass is 747 g/mol. The Kier molecular flexibility index (Phi) is 30.7. The van der Waals surface area contributed by atoms with Crippen LogP contribution in [-0.4, -0.2) is 17.4 Å². The van der Waals surface area contributed by atoms with E-state index in [0.717, 1.165) is 42.4 Å². The molecule has 1 aromatic carbocycles. The predicted octanol–water partition coefficient (Wildman–Crippen LogP) is 17.3. The van der Waals surface area contributed by atoms with Crippen LogP contribution in [0.1, 0.15) is 257 Å². The van der Waals surface area contributed by atoms with Crippen LogP contribution in [0.25, 0.3) is 0 Å². The Morgan fingerprint density at radius 2 is 0.788 bits per heavy atom. The van der Waals surface area contributed by atoms with Crippen LogP contribution in [0.2, 0.25) is 0 Å². The average Bonchev–Trinajstić information content (AvgIpc) is 3.11. The molecule has 52 heavy (non-hydrogen) atoms. The first kappa shape index (κ1) is 49.2. The highest BCUT2D eigenvalue weighted by Gasteiger charge is 2.24. The largest absolute Gasteiger partial charge is 0.507 e. The van der Waals surface area contributed by atoms with Gasteiger partial charge in [0.25, 0.3) is 0 Å². The fourth-order valence-electron chi connectivity index (χ4n) is 7.74. The maximum Gasteiger partial charge on any atom is 0.203 e. The second-order valence-corrected chi connectivity index (χ2v) is 20.5. The highest BCUT2D eigenvalue weighted by Crippen LogP contribution is 2.50. The van der Waals surface area contributed by atoms with Gasteiger partial charge in [0.05, 0.1) is 6.61 Å². The Bertz CT molecular complexity index is 956. The molecule has 0 aliphatic heterocycles. The smallest absolute Gasteiger partial charge is 0.203 e. The maximum atomic E-state index is 14.2. The van der Waals surface area contributed by atoms with Crippen LogP contribution in [0.15, 0.2) is 12.1 Å². The molecule has 3 nitrogen and oxygen atoms in total. The number of unbranched alkanes of at least 4 members (excludes halogenated alkanes) is 30. The molecule has 4 heteroatoms. The van der Waals surface area contributed by atoms with Crippen molar-refractivity contribution >= 4 is 7.37 Å². The third-order valence-corrected chi connectivity index (χ3v) is 13.9. The zero-order chi connectivity index (χ0) is 38.2. The van der Waals surface area contributed by atoms with Crippen LogP contribution >= 0.6 is 7.37 Å². The SMILES string of the molecule is CCCCCCCCCCCCCCCCCCP(=O)(CCCCCCCCCCCCCCCCCC)OCc1cc(C)c(O)c(C(C)(C)C)c1. The lowest BCUT2D eigenvalue weighted by Gasteiger charge is -2.24. The molecular weight excluding hydrogens is 655 g/mol. The molecule has 0 aliphatic rings. The summed E-state index contributed by atoms with van der Waals surface area (Å²) in [5.74, 6) is 0.376. The number of rotatable bonds is 37. The minimum absolute atomic E-state index is 0.157. The van der Waals surface area contributed by atoms with Crippen molar-refractivity contribution < 1.29 is 14.2 Å². The summed E-state index contributed by atoms with van der Waals surface area (Å²) in [6.07, 6.45) is 44.6. The van der Waals surface area contributed by atoms with Crippen molar-refractivity contribution in [2.75, 3.05) is 12.3 Å². The van der Waals surface area contributed by atoms with Crippen LogP contribution in [0.3, 0.4) is 0 Å². The summed E-state index contributed by atoms with van der Waals surface area (Å²) in [4.78, 5) is 0. The third-order valence-electron chi connectivity index (χ3n) is 11.3. The van der Waals surface area contributed by atoms with E-state index >= 15 is 0 Å². The number of aromatic hydroxyl groups is 1. The minimum Gasteiger partial charge on any atom is -0.507 e. The summed E-state index contributed by atoms with van der Waals surface area (Å²) in [6.45, 7) is 13.3. The molecule has 0 aromatic heterocycles. The quantitative estimate of drug-likeness (QED) is 0.0545. The van der Waals surface area contributed by atoms with E-state index in [1.807, 2.05) is 13.0 Å². The second-order valence-electron chi connectivity index (χ2n) is 17.7. The molecule has 306 valence electrons. The van der Waals surface area contributed by atoms with Crippen LogP contribution in [-0.2, 0) is 21.1 Å². The highest BCUT2D eigenvalue weighted by molar-refractivity contribution is 7.58. The Hall–Kier alpha value is -0.790. The maximum absolute atomic E-state index is 14.2. The van der Waals surface area contributed by atoms with Gasteiger partial charge in [0.15, 0.2) is 0 Å². The second kappa shape index (κ2) is 32.5. The van der Waals surface area contributed by atoms with Crippen molar-refractivity contribution in [2.24, 2.45) is 0 Å². The van der Waals surface area contributed by atoms with E-state index < -0.39 is 7.37 Å². The molecule has 0 aliphatic carbocycles. The Morgan fingerprint density at radius 1 is 0.500 bits per heavy atom. The van der Waals surface area contributed by atoms with Gasteiger partial charge < -0.3 is 9.63 Å². The lowest BCUT2D eigenvalue weighted by molar-refractivity contribution is 0.300. The number of hydrogen-bond donors (Lipinski definition) is 1. The molecule has 0 spiro atoms. The molecule has 1 aromatic rings. The first-order valence-electron chi connectivity index (χ1n) is 23.2. The molecule has 0 bridgehead atoms. The van der Waals surface area contributed by atoms with E-state index in [2.05, 4.69) is 40.7 Å². The van der Waals surface area contributed by atoms with E-state index in [9.17, 15) is 9.67 Å². The summed E-state index contributed by atoms with van der Waals surface area (Å²) in [5, 5.41) is 10.7. The molecule has 0 saturated carbocycles. The van der Waals surface area contributed by atoms with Gasteiger partial charge in [0.1, 0.15) is 5.75 Å². The first-order chi connectivity index (χ1) is 25.1. The predicted molar refractivity (Wildman–Crippen MR) is 233 cm³/mol. The van der Waals surface area contributed by atoms with Gasteiger partial charge in [-0.2, -0.15) is 0 Å². The molecular formula is C48H91O3P. The minimum atomic E-state index is -2.71. The van der Waals surface area contributed by atoms with Crippen LogP contribution in [0, 0.1) is 6.92 Å². The fraction of sp³-hybridized carbons (Fsp3) is 0.875. The van der Waals surface area contributed by atoms with Crippen molar-refractivity contribution in [1.82, 2.24) is 0 Å². The van der Waals surface area contributed by atoms with Crippen molar-refractivity contribution in [1.29, 1.82) is 0 Å². The molecule has 0 heterocycles. The standard InChI is InChI=1S/C48H91O3P/c1-7-9-11-13-15-17-19-21-23-25-27-29-31-33-35-37-39-52(50,51-43-45-41-44(3)47(49)46(42-45)48(4,5)6)40-38-36-34-32-30-28-26-24-22-20-18-16-14-12-10-8-2/h41-42,49H,7-40,43H2,1-6H3. The van der Waals surface area contributed by atoms with Gasteiger partial charge in [-0.1, -0.05) is 233 Å². The number of phenolic OH excluding ortho intramolecular Hbond substituents is 1.